The highest BCUT2D eigenvalue weighted by molar-refractivity contribution is 5.70. The molecule has 1 atom stereocenters. The van der Waals surface area contributed by atoms with Gasteiger partial charge in [-0.2, -0.15) is 0 Å². The molecule has 0 radical (unpaired) electrons. The molecule has 0 aliphatic rings. The third kappa shape index (κ3) is 27.7. The van der Waals surface area contributed by atoms with Gasteiger partial charge in [-0.15, -0.1) is 0 Å². The van der Waals surface area contributed by atoms with Gasteiger partial charge >= 0.3 is 11.9 Å². The maximum Gasteiger partial charge on any atom is 0.306 e. The summed E-state index contributed by atoms with van der Waals surface area (Å²) in [6.45, 7) is 4.09. The Kier molecular flexibility index (Phi) is 29.1. The summed E-state index contributed by atoms with van der Waals surface area (Å²) < 4.78 is 10.5. The van der Waals surface area contributed by atoms with E-state index in [0.29, 0.717) is 12.8 Å². The predicted molar refractivity (Wildman–Crippen MR) is 159 cm³/mol. The first-order valence-electron chi connectivity index (χ1n) is 16.2. The molecule has 0 spiro atoms. The van der Waals surface area contributed by atoms with Gasteiger partial charge in [0.05, 0.1) is 6.61 Å². The van der Waals surface area contributed by atoms with Gasteiger partial charge in [0.2, 0.25) is 0 Å². The summed E-state index contributed by atoms with van der Waals surface area (Å²) in [4.78, 5) is 24.0. The van der Waals surface area contributed by atoms with Crippen LogP contribution < -0.4 is 0 Å². The van der Waals surface area contributed by atoms with E-state index in [1.54, 1.807) is 0 Å². The highest BCUT2D eigenvalue weighted by Crippen LogP contribution is 2.13. The number of hydrogen-bond acceptors (Lipinski definition) is 5. The molecule has 0 aliphatic heterocycles. The van der Waals surface area contributed by atoms with E-state index in [0.717, 1.165) is 44.9 Å². The molecule has 0 saturated carbocycles. The largest absolute Gasteiger partial charge is 0.462 e. The van der Waals surface area contributed by atoms with Crippen LogP contribution in [-0.2, 0) is 19.1 Å². The van der Waals surface area contributed by atoms with E-state index in [1.165, 1.54) is 96.3 Å². The molecule has 5 nitrogen and oxygen atoms in total. The predicted octanol–water partition coefficient (Wildman–Crippen LogP) is 9.39. The second-order valence-electron chi connectivity index (χ2n) is 10.9. The number of carbonyl (C=O) groups is 2. The lowest BCUT2D eigenvalue weighted by molar-refractivity contribution is -0.161. The van der Waals surface area contributed by atoms with Gasteiger partial charge in [0.1, 0.15) is 6.61 Å². The Balaban J connectivity index is 3.59. The molecule has 0 heterocycles. The van der Waals surface area contributed by atoms with Crippen molar-refractivity contribution in [2.75, 3.05) is 13.2 Å². The van der Waals surface area contributed by atoms with E-state index in [-0.39, 0.29) is 25.2 Å². The third-order valence-electron chi connectivity index (χ3n) is 7.06. The Labute approximate surface area is 235 Å². The summed E-state index contributed by atoms with van der Waals surface area (Å²) in [7, 11) is 0. The van der Waals surface area contributed by atoms with E-state index < -0.39 is 6.10 Å². The van der Waals surface area contributed by atoms with Gasteiger partial charge in [-0.05, 0) is 38.5 Å². The van der Waals surface area contributed by atoms with Crippen LogP contribution in [0.5, 0.6) is 0 Å². The molecule has 0 aromatic carbocycles. The molecule has 0 amide bonds. The van der Waals surface area contributed by atoms with Crippen LogP contribution >= 0.6 is 0 Å². The molecule has 0 bridgehead atoms. The van der Waals surface area contributed by atoms with E-state index >= 15 is 0 Å². The SMILES string of the molecule is CCCCCC/C=C\CCCCCCCC(=O)O[C@H](CO)COC(=O)CCCCCCCCCCCCC. The van der Waals surface area contributed by atoms with Gasteiger partial charge in [0.25, 0.3) is 0 Å². The standard InChI is InChI=1S/C33H62O5/c1-3-5-7-9-11-13-15-16-18-20-22-24-26-28-33(36)38-31(29-34)30-37-32(35)27-25-23-21-19-17-14-12-10-8-6-4-2/h13,15,31,34H,3-12,14,16-30H2,1-2H3/b15-13-/t31-/m1/s1. The van der Waals surface area contributed by atoms with Gasteiger partial charge in [0, 0.05) is 12.8 Å². The molecular formula is C33H62O5. The van der Waals surface area contributed by atoms with E-state index in [2.05, 4.69) is 26.0 Å². The van der Waals surface area contributed by atoms with E-state index in [1.807, 2.05) is 0 Å². The highest BCUT2D eigenvalue weighted by atomic mass is 16.6. The Morgan fingerprint density at radius 3 is 1.45 bits per heavy atom. The van der Waals surface area contributed by atoms with E-state index in [4.69, 9.17) is 9.47 Å². The van der Waals surface area contributed by atoms with Crippen molar-refractivity contribution in [1.29, 1.82) is 0 Å². The lowest BCUT2D eigenvalue weighted by Crippen LogP contribution is -2.28. The lowest BCUT2D eigenvalue weighted by Gasteiger charge is -2.15. The van der Waals surface area contributed by atoms with Crippen molar-refractivity contribution >= 4 is 11.9 Å². The summed E-state index contributed by atoms with van der Waals surface area (Å²) in [6.07, 6.45) is 31.1. The minimum absolute atomic E-state index is 0.0643. The van der Waals surface area contributed by atoms with Crippen LogP contribution in [0, 0.1) is 0 Å². The van der Waals surface area contributed by atoms with Crippen molar-refractivity contribution in [3.05, 3.63) is 12.2 Å². The summed E-state index contributed by atoms with van der Waals surface area (Å²) in [6, 6.07) is 0. The zero-order chi connectivity index (χ0) is 27.9. The molecule has 0 unspecified atom stereocenters. The smallest absolute Gasteiger partial charge is 0.306 e. The lowest BCUT2D eigenvalue weighted by atomic mass is 10.1. The van der Waals surface area contributed by atoms with Gasteiger partial charge < -0.3 is 14.6 Å². The Morgan fingerprint density at radius 2 is 0.974 bits per heavy atom. The normalized spacial score (nSPS) is 12.2. The highest BCUT2D eigenvalue weighted by Gasteiger charge is 2.16. The fraction of sp³-hybridized carbons (Fsp3) is 0.879. The van der Waals surface area contributed by atoms with Crippen LogP contribution in [0.3, 0.4) is 0 Å². The zero-order valence-corrected chi connectivity index (χ0v) is 25.2. The number of aliphatic hydroxyl groups excluding tert-OH is 1. The number of aliphatic hydroxyl groups is 1. The van der Waals surface area contributed by atoms with Crippen LogP contribution in [0.15, 0.2) is 12.2 Å². The van der Waals surface area contributed by atoms with Crippen molar-refractivity contribution in [2.45, 2.75) is 174 Å². The Hall–Kier alpha value is -1.36. The number of hydrogen-bond donors (Lipinski definition) is 1. The average Bonchev–Trinajstić information content (AvgIpc) is 2.92. The molecule has 0 fully saturated rings. The van der Waals surface area contributed by atoms with E-state index in [9.17, 15) is 14.7 Å². The number of carbonyl (C=O) groups excluding carboxylic acids is 2. The van der Waals surface area contributed by atoms with Crippen LogP contribution in [0.1, 0.15) is 168 Å². The van der Waals surface area contributed by atoms with Crippen LogP contribution in [0.25, 0.3) is 0 Å². The summed E-state index contributed by atoms with van der Waals surface area (Å²) in [5, 5.41) is 9.48. The quantitative estimate of drug-likeness (QED) is 0.0583. The molecule has 38 heavy (non-hydrogen) atoms. The second-order valence-corrected chi connectivity index (χ2v) is 10.9. The van der Waals surface area contributed by atoms with Crippen LogP contribution in [-0.4, -0.2) is 36.4 Å². The summed E-state index contributed by atoms with van der Waals surface area (Å²) >= 11 is 0. The maximum absolute atomic E-state index is 12.1. The molecular weight excluding hydrogens is 476 g/mol. The maximum atomic E-state index is 12.1. The van der Waals surface area contributed by atoms with Gasteiger partial charge in [-0.25, -0.2) is 0 Å². The van der Waals surface area contributed by atoms with Crippen molar-refractivity contribution in [3.8, 4) is 0 Å². The minimum Gasteiger partial charge on any atom is -0.462 e. The van der Waals surface area contributed by atoms with Crippen molar-refractivity contribution in [3.63, 3.8) is 0 Å². The monoisotopic (exact) mass is 538 g/mol. The van der Waals surface area contributed by atoms with Gasteiger partial charge in [-0.3, -0.25) is 9.59 Å². The molecule has 224 valence electrons. The van der Waals surface area contributed by atoms with Gasteiger partial charge in [-0.1, -0.05) is 129 Å². The summed E-state index contributed by atoms with van der Waals surface area (Å²) in [5.74, 6) is -0.599. The third-order valence-corrected chi connectivity index (χ3v) is 7.06. The number of rotatable bonds is 29. The number of ether oxygens (including phenoxy) is 2. The van der Waals surface area contributed by atoms with Crippen molar-refractivity contribution in [2.24, 2.45) is 0 Å². The fourth-order valence-electron chi connectivity index (χ4n) is 4.55. The first-order valence-corrected chi connectivity index (χ1v) is 16.2. The minimum atomic E-state index is -0.766. The summed E-state index contributed by atoms with van der Waals surface area (Å²) in [5.41, 5.74) is 0. The van der Waals surface area contributed by atoms with Crippen LogP contribution in [0.2, 0.25) is 0 Å². The average molecular weight is 539 g/mol. The molecule has 0 aromatic rings. The van der Waals surface area contributed by atoms with Gasteiger partial charge in [0.15, 0.2) is 6.10 Å². The Bertz CT molecular complexity index is 546. The molecule has 0 rings (SSSR count). The number of unbranched alkanes of at least 4 members (excludes halogenated alkanes) is 19. The zero-order valence-electron chi connectivity index (χ0n) is 25.2. The first kappa shape index (κ1) is 36.6. The van der Waals surface area contributed by atoms with Crippen molar-refractivity contribution < 1.29 is 24.2 Å². The molecule has 1 N–H and O–H groups in total. The number of allylic oxidation sites excluding steroid dienone is 2. The Morgan fingerprint density at radius 1 is 0.579 bits per heavy atom. The fourth-order valence-corrected chi connectivity index (χ4v) is 4.55. The first-order chi connectivity index (χ1) is 18.6. The second kappa shape index (κ2) is 30.2. The molecule has 5 heteroatoms. The van der Waals surface area contributed by atoms with Crippen molar-refractivity contribution in [1.82, 2.24) is 0 Å². The molecule has 0 aromatic heterocycles. The molecule has 0 saturated heterocycles. The molecule has 0 aliphatic carbocycles. The number of esters is 2. The van der Waals surface area contributed by atoms with Crippen LogP contribution in [0.4, 0.5) is 0 Å². The topological polar surface area (TPSA) is 72.8 Å².